The molecule has 0 saturated heterocycles. The Kier molecular flexibility index (Phi) is 1.46. The number of carbonyl (C=O) groups is 1. The van der Waals surface area contributed by atoms with Gasteiger partial charge in [-0.25, -0.2) is 4.79 Å². The van der Waals surface area contributed by atoms with Crippen LogP contribution in [0.5, 0.6) is 0 Å². The molecule has 0 atom stereocenters. The Balaban J connectivity index is 2.36. The Hall–Kier alpha value is -1.25. The van der Waals surface area contributed by atoms with E-state index in [1.807, 2.05) is 6.92 Å². The average molecular weight is 165 g/mol. The number of hydrogen-bond donors (Lipinski definition) is 2. The fourth-order valence-electron chi connectivity index (χ4n) is 1.51. The van der Waals surface area contributed by atoms with Crippen LogP contribution in [0, 0.1) is 6.92 Å². The monoisotopic (exact) mass is 165 g/mol. The first-order valence-corrected chi connectivity index (χ1v) is 4.11. The minimum atomic E-state index is -0.870. The summed E-state index contributed by atoms with van der Waals surface area (Å²) < 4.78 is 0. The van der Waals surface area contributed by atoms with E-state index in [2.05, 4.69) is 4.98 Å². The van der Waals surface area contributed by atoms with Gasteiger partial charge in [0.15, 0.2) is 0 Å². The third kappa shape index (κ3) is 1.11. The zero-order chi connectivity index (χ0) is 8.72. The van der Waals surface area contributed by atoms with Gasteiger partial charge in [0.2, 0.25) is 0 Å². The van der Waals surface area contributed by atoms with Crippen molar-refractivity contribution in [3.8, 4) is 0 Å². The van der Waals surface area contributed by atoms with E-state index < -0.39 is 5.97 Å². The lowest BCUT2D eigenvalue weighted by Gasteiger charge is -1.91. The topological polar surface area (TPSA) is 53.1 Å². The molecule has 12 heavy (non-hydrogen) atoms. The van der Waals surface area contributed by atoms with E-state index in [-0.39, 0.29) is 0 Å². The summed E-state index contributed by atoms with van der Waals surface area (Å²) in [4.78, 5) is 13.4. The Morgan fingerprint density at radius 2 is 2.33 bits per heavy atom. The zero-order valence-electron chi connectivity index (χ0n) is 6.92. The molecule has 3 nitrogen and oxygen atoms in total. The summed E-state index contributed by atoms with van der Waals surface area (Å²) in [5.41, 5.74) is 2.51. The van der Waals surface area contributed by atoms with Crippen molar-refractivity contribution in [1.82, 2.24) is 4.98 Å². The van der Waals surface area contributed by atoms with Gasteiger partial charge in [-0.1, -0.05) is 0 Å². The third-order valence-corrected chi connectivity index (χ3v) is 2.30. The van der Waals surface area contributed by atoms with Crippen molar-refractivity contribution in [2.24, 2.45) is 0 Å². The second-order valence-electron chi connectivity index (χ2n) is 3.34. The van der Waals surface area contributed by atoms with Crippen LogP contribution in [0.2, 0.25) is 0 Å². The molecule has 0 aromatic carbocycles. The van der Waals surface area contributed by atoms with Gasteiger partial charge in [0.25, 0.3) is 0 Å². The highest BCUT2D eigenvalue weighted by molar-refractivity contribution is 5.86. The second kappa shape index (κ2) is 2.37. The summed E-state index contributed by atoms with van der Waals surface area (Å²) in [5.74, 6) is -0.251. The van der Waals surface area contributed by atoms with Crippen LogP contribution in [0.25, 0.3) is 0 Å². The lowest BCUT2D eigenvalue weighted by Crippen LogP contribution is -1.95. The largest absolute Gasteiger partial charge is 0.477 e. The number of aromatic nitrogens is 1. The number of carboxylic acid groups (broad SMARTS) is 1. The average Bonchev–Trinajstić information content (AvgIpc) is 2.75. The second-order valence-corrected chi connectivity index (χ2v) is 3.34. The highest BCUT2D eigenvalue weighted by Gasteiger charge is 2.27. The summed E-state index contributed by atoms with van der Waals surface area (Å²) in [7, 11) is 0. The predicted molar refractivity (Wildman–Crippen MR) is 44.5 cm³/mol. The van der Waals surface area contributed by atoms with Crippen LogP contribution in [0.3, 0.4) is 0 Å². The zero-order valence-corrected chi connectivity index (χ0v) is 6.92. The smallest absolute Gasteiger partial charge is 0.352 e. The van der Waals surface area contributed by atoms with Crippen molar-refractivity contribution in [2.75, 3.05) is 0 Å². The number of nitrogens with one attached hydrogen (secondary N) is 1. The van der Waals surface area contributed by atoms with Crippen LogP contribution in [0.1, 0.15) is 40.5 Å². The summed E-state index contributed by atoms with van der Waals surface area (Å²) in [6.45, 7) is 1.93. The first-order valence-electron chi connectivity index (χ1n) is 4.11. The predicted octanol–water partition coefficient (Wildman–Crippen LogP) is 1.90. The van der Waals surface area contributed by atoms with Gasteiger partial charge in [0, 0.05) is 5.69 Å². The molecule has 1 saturated carbocycles. The van der Waals surface area contributed by atoms with Crippen LogP contribution in [0.4, 0.5) is 0 Å². The lowest BCUT2D eigenvalue weighted by molar-refractivity contribution is 0.0691. The van der Waals surface area contributed by atoms with Crippen LogP contribution in [0.15, 0.2) is 6.07 Å². The van der Waals surface area contributed by atoms with Gasteiger partial charge in [0.1, 0.15) is 5.69 Å². The standard InChI is InChI=1S/C9H11NO2/c1-5-7(6-2-3-6)4-8(10-5)9(11)12/h4,6,10H,2-3H2,1H3,(H,11,12). The molecular formula is C9H11NO2. The Morgan fingerprint density at radius 3 is 2.75 bits per heavy atom. The van der Waals surface area contributed by atoms with E-state index >= 15 is 0 Å². The number of hydrogen-bond acceptors (Lipinski definition) is 1. The number of aromatic carboxylic acids is 1. The van der Waals surface area contributed by atoms with Crippen LogP contribution in [-0.2, 0) is 0 Å². The Labute approximate surface area is 70.4 Å². The van der Waals surface area contributed by atoms with E-state index in [4.69, 9.17) is 5.11 Å². The molecule has 1 aliphatic carbocycles. The summed E-state index contributed by atoms with van der Waals surface area (Å²) in [6, 6.07) is 1.76. The Bertz CT molecular complexity index is 323. The molecule has 0 unspecified atom stereocenters. The molecule has 0 radical (unpaired) electrons. The maximum Gasteiger partial charge on any atom is 0.352 e. The number of aromatic amines is 1. The molecule has 1 aromatic heterocycles. The highest BCUT2D eigenvalue weighted by Crippen LogP contribution is 2.41. The minimum absolute atomic E-state index is 0.314. The first-order chi connectivity index (χ1) is 5.68. The molecule has 64 valence electrons. The fraction of sp³-hybridized carbons (Fsp3) is 0.444. The van der Waals surface area contributed by atoms with E-state index in [1.165, 1.54) is 18.4 Å². The van der Waals surface area contributed by atoms with Gasteiger partial charge in [-0.15, -0.1) is 0 Å². The van der Waals surface area contributed by atoms with E-state index in [0.29, 0.717) is 11.6 Å². The number of carboxylic acids is 1. The number of H-pyrrole nitrogens is 1. The quantitative estimate of drug-likeness (QED) is 0.703. The molecule has 0 aliphatic heterocycles. The molecule has 1 heterocycles. The highest BCUT2D eigenvalue weighted by atomic mass is 16.4. The number of aryl methyl sites for hydroxylation is 1. The molecule has 1 aromatic rings. The third-order valence-electron chi connectivity index (χ3n) is 2.30. The first kappa shape index (κ1) is 7.40. The van der Waals surface area contributed by atoms with Crippen LogP contribution >= 0.6 is 0 Å². The van der Waals surface area contributed by atoms with E-state index in [0.717, 1.165) is 5.69 Å². The normalized spacial score (nSPS) is 16.4. The SMILES string of the molecule is Cc1[nH]c(C(=O)O)cc1C1CC1. The van der Waals surface area contributed by atoms with Crippen molar-refractivity contribution in [3.63, 3.8) is 0 Å². The maximum absolute atomic E-state index is 10.6. The molecule has 2 N–H and O–H groups in total. The van der Waals surface area contributed by atoms with Crippen LogP contribution < -0.4 is 0 Å². The summed E-state index contributed by atoms with van der Waals surface area (Å²) in [5, 5.41) is 8.69. The van der Waals surface area contributed by atoms with Gasteiger partial charge in [0.05, 0.1) is 0 Å². The molecule has 0 spiro atoms. The maximum atomic E-state index is 10.6. The molecule has 2 rings (SSSR count). The lowest BCUT2D eigenvalue weighted by atomic mass is 10.1. The van der Waals surface area contributed by atoms with Crippen molar-refractivity contribution >= 4 is 5.97 Å². The van der Waals surface area contributed by atoms with Crippen molar-refractivity contribution in [1.29, 1.82) is 0 Å². The summed E-state index contributed by atoms with van der Waals surface area (Å²) >= 11 is 0. The molecular weight excluding hydrogens is 154 g/mol. The molecule has 0 bridgehead atoms. The molecule has 3 heteroatoms. The van der Waals surface area contributed by atoms with Crippen molar-refractivity contribution < 1.29 is 9.90 Å². The van der Waals surface area contributed by atoms with Gasteiger partial charge >= 0.3 is 5.97 Å². The minimum Gasteiger partial charge on any atom is -0.477 e. The van der Waals surface area contributed by atoms with Crippen molar-refractivity contribution in [2.45, 2.75) is 25.7 Å². The van der Waals surface area contributed by atoms with Crippen molar-refractivity contribution in [3.05, 3.63) is 23.0 Å². The molecule has 1 fully saturated rings. The van der Waals surface area contributed by atoms with Gasteiger partial charge in [-0.05, 0) is 37.3 Å². The van der Waals surface area contributed by atoms with Gasteiger partial charge < -0.3 is 10.1 Å². The Morgan fingerprint density at radius 1 is 1.67 bits per heavy atom. The summed E-state index contributed by atoms with van der Waals surface area (Å²) in [6.07, 6.45) is 2.41. The molecule has 0 amide bonds. The van der Waals surface area contributed by atoms with Gasteiger partial charge in [-0.3, -0.25) is 0 Å². The van der Waals surface area contributed by atoms with E-state index in [9.17, 15) is 4.79 Å². The molecule has 1 aliphatic rings. The fourth-order valence-corrected chi connectivity index (χ4v) is 1.51. The van der Waals surface area contributed by atoms with E-state index in [1.54, 1.807) is 6.07 Å². The van der Waals surface area contributed by atoms with Gasteiger partial charge in [-0.2, -0.15) is 0 Å². The number of rotatable bonds is 2. The van der Waals surface area contributed by atoms with Crippen LogP contribution in [-0.4, -0.2) is 16.1 Å².